The summed E-state index contributed by atoms with van der Waals surface area (Å²) >= 11 is 0. The molecule has 0 saturated carbocycles. The fourth-order valence-corrected chi connectivity index (χ4v) is 3.23. The number of hydrogen-bond acceptors (Lipinski definition) is 4. The van der Waals surface area contributed by atoms with Crippen LogP contribution in [0.5, 0.6) is 0 Å². The van der Waals surface area contributed by atoms with Crippen LogP contribution in [0.4, 0.5) is 0 Å². The second-order valence-corrected chi connectivity index (χ2v) is 8.11. The lowest BCUT2D eigenvalue weighted by Gasteiger charge is -2.15. The molecule has 0 bridgehead atoms. The Morgan fingerprint density at radius 1 is 1.08 bits per heavy atom. The minimum atomic E-state index is -3.25. The van der Waals surface area contributed by atoms with E-state index < -0.39 is 15.8 Å². The molecule has 2 aromatic rings. The summed E-state index contributed by atoms with van der Waals surface area (Å²) in [6.07, 6.45) is 1.63. The fourth-order valence-electron chi connectivity index (χ4n) is 2.60. The van der Waals surface area contributed by atoms with Crippen LogP contribution in [-0.4, -0.2) is 31.7 Å². The average molecular weight is 375 g/mol. The Morgan fingerprint density at radius 2 is 1.69 bits per heavy atom. The Hall–Kier alpha value is -2.67. The zero-order valence-electron chi connectivity index (χ0n) is 14.6. The summed E-state index contributed by atoms with van der Waals surface area (Å²) in [5.41, 5.74) is 1.60. The van der Waals surface area contributed by atoms with Crippen molar-refractivity contribution in [2.45, 2.75) is 30.7 Å². The number of aromatic carboxylic acids is 1. The second-order valence-electron chi connectivity index (χ2n) is 6.09. The van der Waals surface area contributed by atoms with Crippen LogP contribution in [0.1, 0.15) is 40.9 Å². The summed E-state index contributed by atoms with van der Waals surface area (Å²) in [4.78, 5) is 23.6. The first kappa shape index (κ1) is 19.7. The van der Waals surface area contributed by atoms with Gasteiger partial charge in [0.2, 0.25) is 5.91 Å². The summed E-state index contributed by atoms with van der Waals surface area (Å²) in [5.74, 6) is -1.22. The normalized spacial score (nSPS) is 12.4. The number of nitrogens with one attached hydrogen (secondary N) is 1. The van der Waals surface area contributed by atoms with Gasteiger partial charge >= 0.3 is 5.97 Å². The van der Waals surface area contributed by atoms with E-state index in [4.69, 9.17) is 5.11 Å². The molecule has 1 atom stereocenters. The maximum atomic E-state index is 12.2. The summed E-state index contributed by atoms with van der Waals surface area (Å²) in [5, 5.41) is 12.0. The van der Waals surface area contributed by atoms with Crippen molar-refractivity contribution in [2.24, 2.45) is 0 Å². The number of benzene rings is 2. The van der Waals surface area contributed by atoms with Crippen LogP contribution >= 0.6 is 0 Å². The van der Waals surface area contributed by atoms with Crippen molar-refractivity contribution >= 4 is 21.7 Å². The third-order valence-electron chi connectivity index (χ3n) is 4.05. The first-order valence-electron chi connectivity index (χ1n) is 8.09. The van der Waals surface area contributed by atoms with E-state index in [0.717, 1.165) is 11.8 Å². The molecule has 26 heavy (non-hydrogen) atoms. The van der Waals surface area contributed by atoms with Crippen LogP contribution < -0.4 is 5.32 Å². The fraction of sp³-hybridized carbons (Fsp3) is 0.263. The van der Waals surface area contributed by atoms with Crippen LogP contribution in [0.3, 0.4) is 0 Å². The Morgan fingerprint density at radius 3 is 2.27 bits per heavy atom. The molecule has 0 spiro atoms. The number of carbonyl (C=O) groups is 2. The molecule has 0 heterocycles. The molecule has 6 nitrogen and oxygen atoms in total. The lowest BCUT2D eigenvalue weighted by atomic mass is 10.0. The topological polar surface area (TPSA) is 101 Å². The van der Waals surface area contributed by atoms with Gasteiger partial charge in [-0.15, -0.1) is 0 Å². The van der Waals surface area contributed by atoms with E-state index in [9.17, 15) is 18.0 Å². The number of amides is 1. The smallest absolute Gasteiger partial charge is 0.335 e. The third kappa shape index (κ3) is 5.16. The number of carbonyl (C=O) groups excluding carboxylic acids is 1. The largest absolute Gasteiger partial charge is 0.478 e. The summed E-state index contributed by atoms with van der Waals surface area (Å²) in [6, 6.07) is 12.7. The lowest BCUT2D eigenvalue weighted by Crippen LogP contribution is -2.27. The van der Waals surface area contributed by atoms with Crippen molar-refractivity contribution in [3.05, 3.63) is 65.2 Å². The molecule has 2 N–H and O–H groups in total. The first-order valence-corrected chi connectivity index (χ1v) is 9.98. The van der Waals surface area contributed by atoms with E-state index in [-0.39, 0.29) is 28.8 Å². The van der Waals surface area contributed by atoms with Crippen molar-refractivity contribution in [1.82, 2.24) is 5.32 Å². The molecule has 0 fully saturated rings. The molecule has 2 rings (SSSR count). The van der Waals surface area contributed by atoms with Gasteiger partial charge in [-0.25, -0.2) is 13.2 Å². The maximum Gasteiger partial charge on any atom is 0.335 e. The predicted octanol–water partition coefficient (Wildman–Crippen LogP) is 2.60. The van der Waals surface area contributed by atoms with Crippen molar-refractivity contribution < 1.29 is 23.1 Å². The van der Waals surface area contributed by atoms with Gasteiger partial charge < -0.3 is 10.4 Å². The molecule has 1 unspecified atom stereocenters. The van der Waals surface area contributed by atoms with Gasteiger partial charge in [0, 0.05) is 12.7 Å². The van der Waals surface area contributed by atoms with Gasteiger partial charge in [0.1, 0.15) is 0 Å². The van der Waals surface area contributed by atoms with Crippen LogP contribution in [0.2, 0.25) is 0 Å². The number of carboxylic acid groups (broad SMARTS) is 1. The highest BCUT2D eigenvalue weighted by Crippen LogP contribution is 2.17. The van der Waals surface area contributed by atoms with Gasteiger partial charge in [-0.1, -0.05) is 30.3 Å². The monoisotopic (exact) mass is 375 g/mol. The summed E-state index contributed by atoms with van der Waals surface area (Å²) in [7, 11) is -3.25. The number of aryl methyl sites for hydroxylation is 1. The van der Waals surface area contributed by atoms with E-state index in [0.29, 0.717) is 12.0 Å². The molecule has 138 valence electrons. The van der Waals surface area contributed by atoms with Crippen LogP contribution in [-0.2, 0) is 21.1 Å². The molecule has 2 aromatic carbocycles. The Balaban J connectivity index is 1.96. The number of carboxylic acids is 1. The van der Waals surface area contributed by atoms with E-state index >= 15 is 0 Å². The van der Waals surface area contributed by atoms with Gasteiger partial charge in [0.05, 0.1) is 16.5 Å². The molecule has 0 aliphatic heterocycles. The Bertz CT molecular complexity index is 904. The minimum Gasteiger partial charge on any atom is -0.478 e. The highest BCUT2D eigenvalue weighted by atomic mass is 32.2. The average Bonchev–Trinajstić information content (AvgIpc) is 2.59. The summed E-state index contributed by atoms with van der Waals surface area (Å²) in [6.45, 7) is 1.80. The first-order chi connectivity index (χ1) is 12.2. The zero-order valence-corrected chi connectivity index (χ0v) is 15.4. The molecular formula is C19H21NO5S. The third-order valence-corrected chi connectivity index (χ3v) is 5.18. The van der Waals surface area contributed by atoms with Gasteiger partial charge in [0.15, 0.2) is 9.84 Å². The van der Waals surface area contributed by atoms with Crippen molar-refractivity contribution in [3.63, 3.8) is 0 Å². The minimum absolute atomic E-state index is 0.163. The van der Waals surface area contributed by atoms with E-state index in [1.807, 2.05) is 0 Å². The van der Waals surface area contributed by atoms with Gasteiger partial charge in [0.25, 0.3) is 0 Å². The number of sulfone groups is 1. The van der Waals surface area contributed by atoms with Crippen molar-refractivity contribution in [3.8, 4) is 0 Å². The SMILES string of the molecule is CC(NC(=O)CCc1ccccc1C(=O)O)c1ccc(S(C)(=O)=O)cc1. The molecular weight excluding hydrogens is 354 g/mol. The Kier molecular flexibility index (Phi) is 6.15. The Labute approximate surface area is 152 Å². The standard InChI is InChI=1S/C19H21NO5S/c1-13(14-7-10-16(11-8-14)26(2,24)25)20-18(21)12-9-15-5-3-4-6-17(15)19(22)23/h3-8,10-11,13H,9,12H2,1-2H3,(H,20,21)(H,22,23). The van der Waals surface area contributed by atoms with Crippen LogP contribution in [0.25, 0.3) is 0 Å². The maximum absolute atomic E-state index is 12.2. The highest BCUT2D eigenvalue weighted by Gasteiger charge is 2.14. The molecule has 0 saturated heterocycles. The van der Waals surface area contributed by atoms with Crippen molar-refractivity contribution in [1.29, 1.82) is 0 Å². The lowest BCUT2D eigenvalue weighted by molar-refractivity contribution is -0.121. The van der Waals surface area contributed by atoms with Gasteiger partial charge in [-0.2, -0.15) is 0 Å². The molecule has 1 amide bonds. The van der Waals surface area contributed by atoms with Gasteiger partial charge in [-0.3, -0.25) is 4.79 Å². The van der Waals surface area contributed by atoms with E-state index in [2.05, 4.69) is 5.32 Å². The number of rotatable bonds is 7. The van der Waals surface area contributed by atoms with E-state index in [1.165, 1.54) is 18.2 Å². The number of hydrogen-bond donors (Lipinski definition) is 2. The predicted molar refractivity (Wildman–Crippen MR) is 97.8 cm³/mol. The second kappa shape index (κ2) is 8.14. The zero-order chi connectivity index (χ0) is 19.3. The van der Waals surface area contributed by atoms with Crippen LogP contribution in [0.15, 0.2) is 53.4 Å². The summed E-state index contributed by atoms with van der Waals surface area (Å²) < 4.78 is 23.0. The van der Waals surface area contributed by atoms with E-state index in [1.54, 1.807) is 37.3 Å². The molecule has 0 radical (unpaired) electrons. The molecule has 0 aliphatic rings. The van der Waals surface area contributed by atoms with Crippen molar-refractivity contribution in [2.75, 3.05) is 6.26 Å². The quantitative estimate of drug-likeness (QED) is 0.775. The highest BCUT2D eigenvalue weighted by molar-refractivity contribution is 7.90. The van der Waals surface area contributed by atoms with Crippen LogP contribution in [0, 0.1) is 0 Å². The molecule has 0 aliphatic carbocycles. The molecule has 7 heteroatoms. The molecule has 0 aromatic heterocycles. The van der Waals surface area contributed by atoms with Gasteiger partial charge in [-0.05, 0) is 42.7 Å².